The Morgan fingerprint density at radius 3 is 2.26 bits per heavy atom. The third-order valence-electron chi connectivity index (χ3n) is 4.78. The molecule has 2 rings (SSSR count). The van der Waals surface area contributed by atoms with E-state index in [0.29, 0.717) is 6.04 Å². The molecule has 1 N–H and O–H groups in total. The Labute approximate surface area is 118 Å². The third-order valence-corrected chi connectivity index (χ3v) is 4.78. The van der Waals surface area contributed by atoms with Crippen LogP contribution in [-0.2, 0) is 0 Å². The van der Waals surface area contributed by atoms with Crippen molar-refractivity contribution in [2.24, 2.45) is 11.8 Å². The molecule has 1 unspecified atom stereocenters. The van der Waals surface area contributed by atoms with E-state index in [9.17, 15) is 0 Å². The summed E-state index contributed by atoms with van der Waals surface area (Å²) in [6.45, 7) is 5.85. The minimum absolute atomic E-state index is 0.539. The van der Waals surface area contributed by atoms with Crippen LogP contribution in [0.25, 0.3) is 0 Å². The van der Waals surface area contributed by atoms with Crippen LogP contribution in [-0.4, -0.2) is 6.54 Å². The van der Waals surface area contributed by atoms with Gasteiger partial charge in [0.05, 0.1) is 0 Å². The van der Waals surface area contributed by atoms with Crippen LogP contribution in [0.3, 0.4) is 0 Å². The van der Waals surface area contributed by atoms with Crippen LogP contribution in [0.4, 0.5) is 0 Å². The first-order valence-corrected chi connectivity index (χ1v) is 8.13. The highest BCUT2D eigenvalue weighted by Gasteiger charge is 2.22. The van der Waals surface area contributed by atoms with Gasteiger partial charge in [0.25, 0.3) is 0 Å². The monoisotopic (exact) mass is 259 g/mol. The molecule has 1 saturated carbocycles. The highest BCUT2D eigenvalue weighted by molar-refractivity contribution is 5.19. The van der Waals surface area contributed by atoms with Crippen molar-refractivity contribution in [3.8, 4) is 0 Å². The molecule has 0 aromatic heterocycles. The summed E-state index contributed by atoms with van der Waals surface area (Å²) >= 11 is 0. The average molecular weight is 259 g/mol. The van der Waals surface area contributed by atoms with Crippen LogP contribution in [0.15, 0.2) is 30.3 Å². The maximum Gasteiger partial charge on any atom is 0.0348 e. The Morgan fingerprint density at radius 2 is 1.68 bits per heavy atom. The van der Waals surface area contributed by atoms with E-state index in [-0.39, 0.29) is 0 Å². The lowest BCUT2D eigenvalue weighted by atomic mass is 9.88. The van der Waals surface area contributed by atoms with Crippen molar-refractivity contribution >= 4 is 0 Å². The minimum atomic E-state index is 0.539. The molecule has 1 nitrogen and oxygen atoms in total. The molecule has 1 fully saturated rings. The molecule has 106 valence electrons. The van der Waals surface area contributed by atoms with Crippen LogP contribution in [0.1, 0.15) is 64.0 Å². The second-order valence-electron chi connectivity index (χ2n) is 6.02. The average Bonchev–Trinajstić information content (AvgIpc) is 2.97. The van der Waals surface area contributed by atoms with E-state index in [1.165, 1.54) is 50.6 Å². The fourth-order valence-electron chi connectivity index (χ4n) is 3.49. The standard InChI is InChI=1S/C18H29N/c1-3-16(4-2)18(17-12-6-5-7-13-17)19-14-15-10-8-9-11-15/h5-7,12-13,15-16,18-19H,3-4,8-11,14H2,1-2H3. The summed E-state index contributed by atoms with van der Waals surface area (Å²) in [7, 11) is 0. The highest BCUT2D eigenvalue weighted by Crippen LogP contribution is 2.29. The van der Waals surface area contributed by atoms with E-state index in [0.717, 1.165) is 11.8 Å². The third kappa shape index (κ3) is 4.07. The van der Waals surface area contributed by atoms with Crippen molar-refractivity contribution in [2.45, 2.75) is 58.4 Å². The molecule has 0 saturated heterocycles. The molecule has 0 amide bonds. The Balaban J connectivity index is 2.01. The molecule has 0 spiro atoms. The van der Waals surface area contributed by atoms with Gasteiger partial charge in [0, 0.05) is 6.04 Å². The lowest BCUT2D eigenvalue weighted by Crippen LogP contribution is -2.31. The molecule has 0 bridgehead atoms. The van der Waals surface area contributed by atoms with Gasteiger partial charge in [-0.1, -0.05) is 69.9 Å². The van der Waals surface area contributed by atoms with Gasteiger partial charge < -0.3 is 5.32 Å². The largest absolute Gasteiger partial charge is 0.309 e. The second kappa shape index (κ2) is 7.69. The summed E-state index contributed by atoms with van der Waals surface area (Å²) in [6, 6.07) is 11.6. The van der Waals surface area contributed by atoms with Crippen molar-refractivity contribution in [1.29, 1.82) is 0 Å². The van der Waals surface area contributed by atoms with Gasteiger partial charge >= 0.3 is 0 Å². The number of hydrogen-bond donors (Lipinski definition) is 1. The molecule has 0 aliphatic heterocycles. The molecule has 1 aliphatic carbocycles. The molecule has 1 aliphatic rings. The van der Waals surface area contributed by atoms with Crippen LogP contribution < -0.4 is 5.32 Å². The second-order valence-corrected chi connectivity index (χ2v) is 6.02. The van der Waals surface area contributed by atoms with Gasteiger partial charge in [-0.15, -0.1) is 0 Å². The van der Waals surface area contributed by atoms with Gasteiger partial charge in [-0.25, -0.2) is 0 Å². The maximum atomic E-state index is 3.88. The Kier molecular flexibility index (Phi) is 5.91. The lowest BCUT2D eigenvalue weighted by molar-refractivity contribution is 0.320. The van der Waals surface area contributed by atoms with Gasteiger partial charge in [0.1, 0.15) is 0 Å². The van der Waals surface area contributed by atoms with Crippen molar-refractivity contribution in [3.05, 3.63) is 35.9 Å². The molecule has 1 atom stereocenters. The summed E-state index contributed by atoms with van der Waals surface area (Å²) in [6.07, 6.45) is 8.25. The van der Waals surface area contributed by atoms with Crippen molar-refractivity contribution in [2.75, 3.05) is 6.54 Å². The highest BCUT2D eigenvalue weighted by atomic mass is 14.9. The Morgan fingerprint density at radius 1 is 1.05 bits per heavy atom. The van der Waals surface area contributed by atoms with Gasteiger partial charge in [-0.05, 0) is 36.8 Å². The number of rotatable bonds is 7. The number of benzene rings is 1. The number of nitrogens with one attached hydrogen (secondary N) is 1. The van der Waals surface area contributed by atoms with Crippen LogP contribution in [0, 0.1) is 11.8 Å². The normalized spacial score (nSPS) is 18.1. The first-order valence-electron chi connectivity index (χ1n) is 8.13. The SMILES string of the molecule is CCC(CC)C(NCC1CCCC1)c1ccccc1. The maximum absolute atomic E-state index is 3.88. The molecule has 0 radical (unpaired) electrons. The quantitative estimate of drug-likeness (QED) is 0.731. The molecule has 19 heavy (non-hydrogen) atoms. The van der Waals surface area contributed by atoms with Gasteiger partial charge in [0.15, 0.2) is 0 Å². The summed E-state index contributed by atoms with van der Waals surface area (Å²) in [5.41, 5.74) is 1.47. The molecule has 1 aromatic carbocycles. The summed E-state index contributed by atoms with van der Waals surface area (Å²) < 4.78 is 0. The fourth-order valence-corrected chi connectivity index (χ4v) is 3.49. The zero-order valence-corrected chi connectivity index (χ0v) is 12.6. The van der Waals surface area contributed by atoms with E-state index in [4.69, 9.17) is 0 Å². The van der Waals surface area contributed by atoms with Gasteiger partial charge in [0.2, 0.25) is 0 Å². The Hall–Kier alpha value is -0.820. The van der Waals surface area contributed by atoms with Crippen LogP contribution in [0.2, 0.25) is 0 Å². The number of hydrogen-bond acceptors (Lipinski definition) is 1. The van der Waals surface area contributed by atoms with Gasteiger partial charge in [-0.3, -0.25) is 0 Å². The Bertz CT molecular complexity index is 336. The molecular weight excluding hydrogens is 230 g/mol. The summed E-state index contributed by atoms with van der Waals surface area (Å²) in [4.78, 5) is 0. The fraction of sp³-hybridized carbons (Fsp3) is 0.667. The first-order chi connectivity index (χ1) is 9.35. The first kappa shape index (κ1) is 14.6. The summed E-state index contributed by atoms with van der Waals surface area (Å²) in [5, 5.41) is 3.88. The van der Waals surface area contributed by atoms with E-state index in [1.807, 2.05) is 0 Å². The zero-order valence-electron chi connectivity index (χ0n) is 12.6. The molecule has 1 heteroatoms. The van der Waals surface area contributed by atoms with E-state index in [1.54, 1.807) is 0 Å². The predicted molar refractivity (Wildman–Crippen MR) is 83.2 cm³/mol. The van der Waals surface area contributed by atoms with Crippen molar-refractivity contribution < 1.29 is 0 Å². The van der Waals surface area contributed by atoms with Crippen molar-refractivity contribution in [1.82, 2.24) is 5.32 Å². The van der Waals surface area contributed by atoms with Gasteiger partial charge in [-0.2, -0.15) is 0 Å². The topological polar surface area (TPSA) is 12.0 Å². The zero-order chi connectivity index (χ0) is 13.5. The molecular formula is C18H29N. The predicted octanol–water partition coefficient (Wildman–Crippen LogP) is 4.94. The van der Waals surface area contributed by atoms with Crippen LogP contribution in [0.5, 0.6) is 0 Å². The van der Waals surface area contributed by atoms with Crippen LogP contribution >= 0.6 is 0 Å². The van der Waals surface area contributed by atoms with E-state index >= 15 is 0 Å². The smallest absolute Gasteiger partial charge is 0.0348 e. The lowest BCUT2D eigenvalue weighted by Gasteiger charge is -2.28. The minimum Gasteiger partial charge on any atom is -0.309 e. The van der Waals surface area contributed by atoms with E-state index in [2.05, 4.69) is 49.5 Å². The summed E-state index contributed by atoms with van der Waals surface area (Å²) in [5.74, 6) is 1.67. The van der Waals surface area contributed by atoms with E-state index < -0.39 is 0 Å². The molecule has 1 aromatic rings. The van der Waals surface area contributed by atoms with Crippen molar-refractivity contribution in [3.63, 3.8) is 0 Å². The molecule has 0 heterocycles.